The molecule has 7 heteroatoms. The third-order valence-corrected chi connectivity index (χ3v) is 4.96. The number of pyridine rings is 1. The van der Waals surface area contributed by atoms with E-state index in [1.54, 1.807) is 37.6 Å². The van der Waals surface area contributed by atoms with E-state index < -0.39 is 0 Å². The maximum atomic E-state index is 12.7. The van der Waals surface area contributed by atoms with Gasteiger partial charge in [0.1, 0.15) is 11.6 Å². The molecule has 0 saturated carbocycles. The zero-order chi connectivity index (χ0) is 22.4. The number of hydrogen-bond acceptors (Lipinski definition) is 7. The van der Waals surface area contributed by atoms with Gasteiger partial charge < -0.3 is 25.6 Å². The van der Waals surface area contributed by atoms with Crippen LogP contribution in [0.25, 0.3) is 0 Å². The number of rotatable bonds is 9. The lowest BCUT2D eigenvalue weighted by Gasteiger charge is -2.24. The van der Waals surface area contributed by atoms with Crippen molar-refractivity contribution in [2.24, 2.45) is 0 Å². The first-order chi connectivity index (χ1) is 14.9. The molecular weight excluding hydrogens is 390 g/mol. The van der Waals surface area contributed by atoms with Gasteiger partial charge in [-0.25, -0.2) is 4.98 Å². The van der Waals surface area contributed by atoms with Crippen LogP contribution in [0.1, 0.15) is 15.9 Å². The fraction of sp³-hybridized carbons (Fsp3) is 0.250. The molecule has 162 valence electrons. The SMILES string of the molecule is COc1cc(N(C)CCN(C)C)c(N)cc1Nc1cc(C(=O)c2ccccc2)ccn1. The Morgan fingerprint density at radius 3 is 2.45 bits per heavy atom. The van der Waals surface area contributed by atoms with Gasteiger partial charge in [-0.05, 0) is 32.3 Å². The van der Waals surface area contributed by atoms with Gasteiger partial charge in [0, 0.05) is 43.5 Å². The molecule has 1 heterocycles. The van der Waals surface area contributed by atoms with Crippen molar-refractivity contribution in [1.29, 1.82) is 0 Å². The molecule has 0 spiro atoms. The maximum absolute atomic E-state index is 12.7. The topological polar surface area (TPSA) is 83.7 Å². The van der Waals surface area contributed by atoms with Crippen molar-refractivity contribution in [3.8, 4) is 5.75 Å². The fourth-order valence-corrected chi connectivity index (χ4v) is 3.19. The number of aromatic nitrogens is 1. The molecule has 0 radical (unpaired) electrons. The second kappa shape index (κ2) is 9.95. The second-order valence-corrected chi connectivity index (χ2v) is 7.59. The zero-order valence-electron chi connectivity index (χ0n) is 18.4. The van der Waals surface area contributed by atoms with Crippen LogP contribution in [-0.2, 0) is 0 Å². The molecule has 0 saturated heterocycles. The average Bonchev–Trinajstić information content (AvgIpc) is 2.78. The molecule has 0 aliphatic heterocycles. The van der Waals surface area contributed by atoms with E-state index in [2.05, 4.69) is 20.1 Å². The number of ether oxygens (including phenoxy) is 1. The van der Waals surface area contributed by atoms with E-state index in [-0.39, 0.29) is 5.78 Å². The summed E-state index contributed by atoms with van der Waals surface area (Å²) in [4.78, 5) is 21.3. The lowest BCUT2D eigenvalue weighted by molar-refractivity contribution is 0.103. The minimum atomic E-state index is -0.0598. The molecule has 7 nitrogen and oxygen atoms in total. The molecule has 0 fully saturated rings. The van der Waals surface area contributed by atoms with Crippen LogP contribution < -0.4 is 20.7 Å². The minimum absolute atomic E-state index is 0.0598. The number of hydrogen-bond donors (Lipinski definition) is 2. The molecule has 3 aromatic rings. The minimum Gasteiger partial charge on any atom is -0.494 e. The number of likely N-dealkylation sites (N-methyl/N-ethyl adjacent to an activating group) is 2. The molecule has 2 aromatic carbocycles. The Morgan fingerprint density at radius 1 is 1.03 bits per heavy atom. The Kier molecular flexibility index (Phi) is 7.10. The first kappa shape index (κ1) is 22.1. The predicted octanol–water partition coefficient (Wildman–Crippen LogP) is 3.64. The number of nitrogens with one attached hydrogen (secondary N) is 1. The van der Waals surface area contributed by atoms with Crippen molar-refractivity contribution in [2.45, 2.75) is 0 Å². The van der Waals surface area contributed by atoms with Crippen molar-refractivity contribution in [3.05, 3.63) is 71.9 Å². The van der Waals surface area contributed by atoms with Gasteiger partial charge >= 0.3 is 0 Å². The number of benzene rings is 2. The largest absolute Gasteiger partial charge is 0.494 e. The molecule has 31 heavy (non-hydrogen) atoms. The van der Waals surface area contributed by atoms with Crippen molar-refractivity contribution in [2.75, 3.05) is 57.3 Å². The molecule has 0 unspecified atom stereocenters. The fourth-order valence-electron chi connectivity index (χ4n) is 3.19. The third-order valence-electron chi connectivity index (χ3n) is 4.96. The highest BCUT2D eigenvalue weighted by molar-refractivity contribution is 6.09. The van der Waals surface area contributed by atoms with E-state index in [9.17, 15) is 4.79 Å². The summed E-state index contributed by atoms with van der Waals surface area (Å²) in [5.74, 6) is 1.12. The number of carbonyl (C=O) groups excluding carboxylic acids is 1. The highest BCUT2D eigenvalue weighted by Crippen LogP contribution is 2.36. The van der Waals surface area contributed by atoms with E-state index >= 15 is 0 Å². The molecule has 1 aromatic heterocycles. The summed E-state index contributed by atoms with van der Waals surface area (Å²) in [7, 11) is 7.69. The quantitative estimate of drug-likeness (QED) is 0.405. The maximum Gasteiger partial charge on any atom is 0.193 e. The summed E-state index contributed by atoms with van der Waals surface area (Å²) in [6, 6.07) is 16.3. The van der Waals surface area contributed by atoms with Crippen LogP contribution in [0.4, 0.5) is 22.9 Å². The monoisotopic (exact) mass is 419 g/mol. The summed E-state index contributed by atoms with van der Waals surface area (Å²) in [6.07, 6.45) is 1.61. The Hall–Kier alpha value is -3.58. The Labute approximate surface area is 183 Å². The summed E-state index contributed by atoms with van der Waals surface area (Å²) in [6.45, 7) is 1.74. The van der Waals surface area contributed by atoms with Crippen LogP contribution in [0.15, 0.2) is 60.8 Å². The van der Waals surface area contributed by atoms with Crippen LogP contribution in [0.5, 0.6) is 5.75 Å². The highest BCUT2D eigenvalue weighted by atomic mass is 16.5. The molecule has 3 rings (SSSR count). The number of nitrogens with two attached hydrogens (primary N) is 1. The van der Waals surface area contributed by atoms with Crippen molar-refractivity contribution in [3.63, 3.8) is 0 Å². The molecule has 3 N–H and O–H groups in total. The van der Waals surface area contributed by atoms with Gasteiger partial charge in [-0.3, -0.25) is 4.79 Å². The van der Waals surface area contributed by atoms with Gasteiger partial charge in [-0.1, -0.05) is 30.3 Å². The van der Waals surface area contributed by atoms with Crippen molar-refractivity contribution in [1.82, 2.24) is 9.88 Å². The molecule has 0 aliphatic rings. The van der Waals surface area contributed by atoms with Crippen LogP contribution in [-0.4, -0.2) is 57.0 Å². The Morgan fingerprint density at radius 2 is 1.77 bits per heavy atom. The smallest absolute Gasteiger partial charge is 0.193 e. The van der Waals surface area contributed by atoms with Crippen molar-refractivity contribution >= 4 is 28.7 Å². The van der Waals surface area contributed by atoms with Gasteiger partial charge in [-0.2, -0.15) is 0 Å². The van der Waals surface area contributed by atoms with Gasteiger partial charge in [0.05, 0.1) is 24.2 Å². The lowest BCUT2D eigenvalue weighted by atomic mass is 10.0. The predicted molar refractivity (Wildman–Crippen MR) is 127 cm³/mol. The van der Waals surface area contributed by atoms with Crippen LogP contribution >= 0.6 is 0 Å². The molecular formula is C24H29N5O2. The Balaban J connectivity index is 1.84. The number of nitrogens with zero attached hydrogens (tertiary/aromatic N) is 3. The number of nitrogen functional groups attached to an aromatic ring is 1. The van der Waals surface area contributed by atoms with E-state index in [1.807, 2.05) is 51.5 Å². The molecule has 0 bridgehead atoms. The first-order valence-electron chi connectivity index (χ1n) is 10.0. The summed E-state index contributed by atoms with van der Waals surface area (Å²) in [5.41, 5.74) is 9.72. The normalized spacial score (nSPS) is 10.7. The van der Waals surface area contributed by atoms with Gasteiger partial charge in [0.15, 0.2) is 5.78 Å². The van der Waals surface area contributed by atoms with Gasteiger partial charge in [-0.15, -0.1) is 0 Å². The third kappa shape index (κ3) is 5.52. The van der Waals surface area contributed by atoms with Crippen LogP contribution in [0.2, 0.25) is 0 Å². The van der Waals surface area contributed by atoms with E-state index in [0.717, 1.165) is 18.8 Å². The second-order valence-electron chi connectivity index (χ2n) is 7.59. The summed E-state index contributed by atoms with van der Waals surface area (Å²) < 4.78 is 5.59. The van der Waals surface area contributed by atoms with Crippen LogP contribution in [0.3, 0.4) is 0 Å². The van der Waals surface area contributed by atoms with Crippen LogP contribution in [0, 0.1) is 0 Å². The highest BCUT2D eigenvalue weighted by Gasteiger charge is 2.14. The first-order valence-corrected chi connectivity index (χ1v) is 10.0. The summed E-state index contributed by atoms with van der Waals surface area (Å²) in [5, 5.41) is 3.23. The lowest BCUT2D eigenvalue weighted by Crippen LogP contribution is -2.29. The van der Waals surface area contributed by atoms with E-state index in [4.69, 9.17) is 10.5 Å². The number of methoxy groups -OCH3 is 1. The van der Waals surface area contributed by atoms with Crippen molar-refractivity contribution < 1.29 is 9.53 Å². The molecule has 0 atom stereocenters. The number of ketones is 1. The molecule has 0 aliphatic carbocycles. The number of anilines is 4. The molecule has 0 amide bonds. The standard InChI is InChI=1S/C24H29N5O2/c1-28(2)12-13-29(3)21-16-22(31-4)20(15-19(21)25)27-23-14-18(10-11-26-23)24(30)17-8-6-5-7-9-17/h5-11,14-16H,12-13,25H2,1-4H3,(H,26,27). The number of carbonyl (C=O) groups is 1. The van der Waals surface area contributed by atoms with Gasteiger partial charge in [0.25, 0.3) is 0 Å². The zero-order valence-corrected chi connectivity index (χ0v) is 18.4. The summed E-state index contributed by atoms with van der Waals surface area (Å²) >= 11 is 0. The van der Waals surface area contributed by atoms with Gasteiger partial charge in [0.2, 0.25) is 0 Å². The average molecular weight is 420 g/mol. The Bertz CT molecular complexity index is 1040. The van der Waals surface area contributed by atoms with E-state index in [1.165, 1.54) is 0 Å². The van der Waals surface area contributed by atoms with E-state index in [0.29, 0.717) is 34.1 Å².